The Morgan fingerprint density at radius 1 is 1.35 bits per heavy atom. The highest BCUT2D eigenvalue weighted by Gasteiger charge is 2.18. The summed E-state index contributed by atoms with van der Waals surface area (Å²) >= 11 is 6.14. The smallest absolute Gasteiger partial charge is 0.0427 e. The van der Waals surface area contributed by atoms with E-state index in [0.717, 1.165) is 42.7 Å². The molecule has 1 aliphatic rings. The van der Waals surface area contributed by atoms with Crippen LogP contribution < -0.4 is 10.2 Å². The van der Waals surface area contributed by atoms with Crippen LogP contribution in [-0.4, -0.2) is 35.3 Å². The van der Waals surface area contributed by atoms with Crippen LogP contribution >= 0.6 is 11.6 Å². The summed E-state index contributed by atoms with van der Waals surface area (Å²) in [5.74, 6) is 2.15. The normalized spacial score (nSPS) is 16.9. The first kappa shape index (κ1) is 15.8. The number of hydrogen-bond acceptors (Lipinski definition) is 3. The maximum Gasteiger partial charge on any atom is 0.0427 e. The van der Waals surface area contributed by atoms with Crippen molar-refractivity contribution in [2.75, 3.05) is 36.0 Å². The molecule has 2 rings (SSSR count). The molecular formula is C15H23ClN2OS. The van der Waals surface area contributed by atoms with Gasteiger partial charge in [0.2, 0.25) is 0 Å². The van der Waals surface area contributed by atoms with E-state index < -0.39 is 10.8 Å². The molecule has 112 valence electrons. The lowest BCUT2D eigenvalue weighted by atomic mass is 10.1. The van der Waals surface area contributed by atoms with Crippen LogP contribution in [0.1, 0.15) is 19.4 Å². The first-order valence-corrected chi connectivity index (χ1v) is 9.02. The molecule has 0 atom stereocenters. The number of rotatable bonds is 5. The molecule has 0 unspecified atom stereocenters. The van der Waals surface area contributed by atoms with Crippen LogP contribution in [0.15, 0.2) is 18.2 Å². The van der Waals surface area contributed by atoms with E-state index in [1.165, 1.54) is 11.3 Å². The molecule has 1 fully saturated rings. The topological polar surface area (TPSA) is 32.3 Å². The maximum absolute atomic E-state index is 11.5. The van der Waals surface area contributed by atoms with Crippen LogP contribution in [0.5, 0.6) is 0 Å². The Morgan fingerprint density at radius 2 is 2.05 bits per heavy atom. The van der Waals surface area contributed by atoms with Gasteiger partial charge in [-0.15, -0.1) is 0 Å². The zero-order valence-electron chi connectivity index (χ0n) is 12.2. The SMILES string of the molecule is CC(C)CNCc1ccc(Cl)cc1N1CCS(=O)CC1. The van der Waals surface area contributed by atoms with Crippen molar-refractivity contribution in [2.24, 2.45) is 5.92 Å². The van der Waals surface area contributed by atoms with E-state index in [9.17, 15) is 4.21 Å². The summed E-state index contributed by atoms with van der Waals surface area (Å²) in [6.07, 6.45) is 0. The largest absolute Gasteiger partial charge is 0.369 e. The third kappa shape index (κ3) is 4.47. The van der Waals surface area contributed by atoms with Gasteiger partial charge < -0.3 is 10.2 Å². The van der Waals surface area contributed by atoms with Gasteiger partial charge in [-0.05, 0) is 30.2 Å². The van der Waals surface area contributed by atoms with Gasteiger partial charge in [-0.25, -0.2) is 0 Å². The summed E-state index contributed by atoms with van der Waals surface area (Å²) in [6.45, 7) is 7.97. The highest BCUT2D eigenvalue weighted by molar-refractivity contribution is 7.85. The van der Waals surface area contributed by atoms with Gasteiger partial charge in [0.25, 0.3) is 0 Å². The predicted octanol–water partition coefficient (Wildman–Crippen LogP) is 2.65. The molecule has 0 aromatic heterocycles. The Balaban J connectivity index is 2.09. The second-order valence-corrected chi connectivity index (χ2v) is 7.77. The molecule has 0 aliphatic carbocycles. The summed E-state index contributed by atoms with van der Waals surface area (Å²) in [7, 11) is -0.648. The Labute approximate surface area is 129 Å². The van der Waals surface area contributed by atoms with E-state index in [1.807, 2.05) is 12.1 Å². The van der Waals surface area contributed by atoms with Crippen molar-refractivity contribution in [2.45, 2.75) is 20.4 Å². The molecule has 1 N–H and O–H groups in total. The van der Waals surface area contributed by atoms with Gasteiger partial charge in [0.15, 0.2) is 0 Å². The van der Waals surface area contributed by atoms with E-state index in [4.69, 9.17) is 11.6 Å². The third-order valence-electron chi connectivity index (χ3n) is 3.43. The third-order valence-corrected chi connectivity index (χ3v) is 4.94. The fourth-order valence-electron chi connectivity index (χ4n) is 2.36. The summed E-state index contributed by atoms with van der Waals surface area (Å²) in [5, 5.41) is 4.24. The molecule has 5 heteroatoms. The van der Waals surface area contributed by atoms with Gasteiger partial charge in [-0.3, -0.25) is 4.21 Å². The second kappa shape index (κ2) is 7.43. The van der Waals surface area contributed by atoms with Gasteiger partial charge in [0, 0.05) is 52.6 Å². The Morgan fingerprint density at radius 3 is 2.70 bits per heavy atom. The molecular weight excluding hydrogens is 292 g/mol. The molecule has 0 bridgehead atoms. The number of anilines is 1. The van der Waals surface area contributed by atoms with Gasteiger partial charge >= 0.3 is 0 Å². The summed E-state index contributed by atoms with van der Waals surface area (Å²) in [6, 6.07) is 6.07. The Bertz CT molecular complexity index is 469. The van der Waals surface area contributed by atoms with Crippen molar-refractivity contribution in [1.82, 2.24) is 5.32 Å². The molecule has 1 saturated heterocycles. The highest BCUT2D eigenvalue weighted by Crippen LogP contribution is 2.26. The molecule has 20 heavy (non-hydrogen) atoms. The average molecular weight is 315 g/mol. The Hall–Kier alpha value is -0.580. The first-order valence-electron chi connectivity index (χ1n) is 7.15. The van der Waals surface area contributed by atoms with Crippen LogP contribution in [0.4, 0.5) is 5.69 Å². The van der Waals surface area contributed by atoms with E-state index >= 15 is 0 Å². The van der Waals surface area contributed by atoms with Crippen LogP contribution in [0.3, 0.4) is 0 Å². The molecule has 0 radical (unpaired) electrons. The molecule has 1 heterocycles. The number of nitrogens with one attached hydrogen (secondary N) is 1. The highest BCUT2D eigenvalue weighted by atomic mass is 35.5. The van der Waals surface area contributed by atoms with Crippen molar-refractivity contribution >= 4 is 28.1 Å². The standard InChI is InChI=1S/C15H23ClN2OS/c1-12(2)10-17-11-13-3-4-14(16)9-15(13)18-5-7-20(19)8-6-18/h3-4,9,12,17H,5-8,10-11H2,1-2H3. The summed E-state index contributed by atoms with van der Waals surface area (Å²) in [4.78, 5) is 2.31. The molecule has 0 amide bonds. The lowest BCUT2D eigenvalue weighted by Gasteiger charge is -2.30. The summed E-state index contributed by atoms with van der Waals surface area (Å²) in [5.41, 5.74) is 2.45. The lowest BCUT2D eigenvalue weighted by molar-refractivity contribution is 0.552. The minimum atomic E-state index is -0.648. The van der Waals surface area contributed by atoms with Gasteiger partial charge in [0.1, 0.15) is 0 Å². The van der Waals surface area contributed by atoms with E-state index in [2.05, 4.69) is 30.1 Å². The van der Waals surface area contributed by atoms with Crippen molar-refractivity contribution in [3.63, 3.8) is 0 Å². The minimum absolute atomic E-state index is 0.642. The quantitative estimate of drug-likeness (QED) is 0.907. The van der Waals surface area contributed by atoms with Gasteiger partial charge in [-0.2, -0.15) is 0 Å². The van der Waals surface area contributed by atoms with E-state index in [-0.39, 0.29) is 0 Å². The number of benzene rings is 1. The molecule has 3 nitrogen and oxygen atoms in total. The van der Waals surface area contributed by atoms with Gasteiger partial charge in [0.05, 0.1) is 0 Å². The molecule has 1 aromatic rings. The molecule has 1 aromatic carbocycles. The minimum Gasteiger partial charge on any atom is -0.369 e. The second-order valence-electron chi connectivity index (χ2n) is 5.63. The first-order chi connectivity index (χ1) is 9.56. The van der Waals surface area contributed by atoms with Crippen LogP contribution in [0.25, 0.3) is 0 Å². The molecule has 0 spiro atoms. The average Bonchev–Trinajstić information content (AvgIpc) is 2.41. The number of halogens is 1. The predicted molar refractivity (Wildman–Crippen MR) is 88.1 cm³/mol. The van der Waals surface area contributed by atoms with Crippen molar-refractivity contribution in [3.8, 4) is 0 Å². The zero-order chi connectivity index (χ0) is 14.5. The van der Waals surface area contributed by atoms with E-state index in [0.29, 0.717) is 5.92 Å². The Kier molecular flexibility index (Phi) is 5.87. The fourth-order valence-corrected chi connectivity index (χ4v) is 3.57. The molecule has 0 saturated carbocycles. The number of nitrogens with zero attached hydrogens (tertiary/aromatic N) is 1. The van der Waals surface area contributed by atoms with Crippen LogP contribution in [0.2, 0.25) is 5.02 Å². The van der Waals surface area contributed by atoms with Crippen LogP contribution in [-0.2, 0) is 17.3 Å². The van der Waals surface area contributed by atoms with Crippen LogP contribution in [0, 0.1) is 5.92 Å². The molecule has 1 aliphatic heterocycles. The summed E-state index contributed by atoms with van der Waals surface area (Å²) < 4.78 is 11.5. The van der Waals surface area contributed by atoms with Crippen molar-refractivity contribution < 1.29 is 4.21 Å². The van der Waals surface area contributed by atoms with E-state index in [1.54, 1.807) is 0 Å². The number of hydrogen-bond donors (Lipinski definition) is 1. The maximum atomic E-state index is 11.5. The fraction of sp³-hybridized carbons (Fsp3) is 0.600. The monoisotopic (exact) mass is 314 g/mol. The van der Waals surface area contributed by atoms with Crippen molar-refractivity contribution in [3.05, 3.63) is 28.8 Å². The van der Waals surface area contributed by atoms with Gasteiger partial charge in [-0.1, -0.05) is 31.5 Å². The van der Waals surface area contributed by atoms with Crippen molar-refractivity contribution in [1.29, 1.82) is 0 Å². The zero-order valence-corrected chi connectivity index (χ0v) is 13.8. The lowest BCUT2D eigenvalue weighted by Crippen LogP contribution is -2.38.